The molecule has 0 saturated heterocycles. The highest BCUT2D eigenvalue weighted by molar-refractivity contribution is 5.77. The highest BCUT2D eigenvalue weighted by Crippen LogP contribution is 2.11. The third kappa shape index (κ3) is 5.64. The molecule has 0 aromatic heterocycles. The summed E-state index contributed by atoms with van der Waals surface area (Å²) in [6.07, 6.45) is 0.871. The number of rotatable bonds is 7. The summed E-state index contributed by atoms with van der Waals surface area (Å²) in [5.74, 6) is 1.53. The Morgan fingerprint density at radius 1 is 1.21 bits per heavy atom. The van der Waals surface area contributed by atoms with Gasteiger partial charge in [0.25, 0.3) is 0 Å². The van der Waals surface area contributed by atoms with Gasteiger partial charge in [-0.3, -0.25) is 4.99 Å². The van der Waals surface area contributed by atoms with Gasteiger partial charge < -0.3 is 15.4 Å². The molecule has 0 radical (unpaired) electrons. The van der Waals surface area contributed by atoms with Crippen LogP contribution in [-0.4, -0.2) is 37.1 Å². The van der Waals surface area contributed by atoms with Crippen LogP contribution in [0.5, 0.6) is 5.75 Å². The molecule has 0 spiro atoms. The SMILES string of the molecule is CCN(CC)C(N)=NCCCOc1ccc(C)cc1. The standard InChI is InChI=1S/C15H25N3O/c1-4-18(5-2)15(16)17-11-6-12-19-14-9-7-13(3)8-10-14/h7-10H,4-6,11-12H2,1-3H3,(H2,16,17). The lowest BCUT2D eigenvalue weighted by atomic mass is 10.2. The molecule has 1 aromatic rings. The maximum Gasteiger partial charge on any atom is 0.191 e. The average molecular weight is 263 g/mol. The monoisotopic (exact) mass is 263 g/mol. The summed E-state index contributed by atoms with van der Waals surface area (Å²) in [6, 6.07) is 8.07. The number of aliphatic imine (C=N–C) groups is 1. The molecule has 1 aromatic carbocycles. The molecule has 0 saturated carbocycles. The van der Waals surface area contributed by atoms with Gasteiger partial charge in [0.05, 0.1) is 6.61 Å². The minimum Gasteiger partial charge on any atom is -0.494 e. The average Bonchev–Trinajstić information content (AvgIpc) is 2.42. The number of aryl methyl sites for hydroxylation is 1. The maximum absolute atomic E-state index is 5.88. The van der Waals surface area contributed by atoms with Gasteiger partial charge in [0, 0.05) is 26.1 Å². The third-order valence-electron chi connectivity index (χ3n) is 2.95. The molecule has 0 bridgehead atoms. The van der Waals surface area contributed by atoms with E-state index in [9.17, 15) is 0 Å². The summed E-state index contributed by atoms with van der Waals surface area (Å²) in [5.41, 5.74) is 7.12. The van der Waals surface area contributed by atoms with Crippen LogP contribution >= 0.6 is 0 Å². The largest absolute Gasteiger partial charge is 0.494 e. The lowest BCUT2D eigenvalue weighted by Gasteiger charge is -2.19. The summed E-state index contributed by atoms with van der Waals surface area (Å²) in [4.78, 5) is 6.39. The van der Waals surface area contributed by atoms with E-state index in [-0.39, 0.29) is 0 Å². The van der Waals surface area contributed by atoms with E-state index in [1.165, 1.54) is 5.56 Å². The summed E-state index contributed by atoms with van der Waals surface area (Å²) < 4.78 is 5.63. The maximum atomic E-state index is 5.88. The number of nitrogens with zero attached hydrogens (tertiary/aromatic N) is 2. The van der Waals surface area contributed by atoms with Gasteiger partial charge in [-0.15, -0.1) is 0 Å². The molecule has 0 unspecified atom stereocenters. The number of benzene rings is 1. The molecule has 106 valence electrons. The zero-order valence-electron chi connectivity index (χ0n) is 12.2. The van der Waals surface area contributed by atoms with Crippen molar-refractivity contribution in [2.45, 2.75) is 27.2 Å². The molecule has 4 heteroatoms. The van der Waals surface area contributed by atoms with Crippen LogP contribution in [-0.2, 0) is 0 Å². The Morgan fingerprint density at radius 3 is 2.42 bits per heavy atom. The molecule has 0 aliphatic heterocycles. The van der Waals surface area contributed by atoms with Crippen LogP contribution in [0.15, 0.2) is 29.3 Å². The van der Waals surface area contributed by atoms with Crippen molar-refractivity contribution in [3.05, 3.63) is 29.8 Å². The topological polar surface area (TPSA) is 50.8 Å². The second kappa shape index (κ2) is 8.40. The fraction of sp³-hybridized carbons (Fsp3) is 0.533. The quantitative estimate of drug-likeness (QED) is 0.467. The number of guanidine groups is 1. The van der Waals surface area contributed by atoms with Gasteiger partial charge in [-0.25, -0.2) is 0 Å². The van der Waals surface area contributed by atoms with Crippen LogP contribution in [0.4, 0.5) is 0 Å². The summed E-state index contributed by atoms with van der Waals surface area (Å²) in [6.45, 7) is 9.37. The fourth-order valence-corrected chi connectivity index (χ4v) is 1.73. The van der Waals surface area contributed by atoms with Gasteiger partial charge in [-0.2, -0.15) is 0 Å². The Kier molecular flexibility index (Phi) is 6.79. The van der Waals surface area contributed by atoms with E-state index in [0.717, 1.165) is 25.3 Å². The highest BCUT2D eigenvalue weighted by Gasteiger charge is 2.00. The number of nitrogens with two attached hydrogens (primary N) is 1. The molecule has 0 fully saturated rings. The summed E-state index contributed by atoms with van der Waals surface area (Å²) in [5, 5.41) is 0. The van der Waals surface area contributed by atoms with E-state index in [1.54, 1.807) is 0 Å². The Labute approximate surface area is 116 Å². The smallest absolute Gasteiger partial charge is 0.191 e. The molecule has 4 nitrogen and oxygen atoms in total. The highest BCUT2D eigenvalue weighted by atomic mass is 16.5. The van der Waals surface area contributed by atoms with Crippen LogP contribution < -0.4 is 10.5 Å². The minimum absolute atomic E-state index is 0.625. The van der Waals surface area contributed by atoms with Crippen LogP contribution in [0, 0.1) is 6.92 Å². The van der Waals surface area contributed by atoms with E-state index >= 15 is 0 Å². The Morgan fingerprint density at radius 2 is 1.84 bits per heavy atom. The van der Waals surface area contributed by atoms with E-state index in [2.05, 4.69) is 25.8 Å². The molecule has 19 heavy (non-hydrogen) atoms. The van der Waals surface area contributed by atoms with Gasteiger partial charge in [0.1, 0.15) is 5.75 Å². The van der Waals surface area contributed by atoms with Crippen molar-refractivity contribution >= 4 is 5.96 Å². The molecule has 1 rings (SSSR count). The van der Waals surface area contributed by atoms with E-state index < -0.39 is 0 Å². The number of hydrogen-bond acceptors (Lipinski definition) is 2. The zero-order valence-corrected chi connectivity index (χ0v) is 12.2. The predicted octanol–water partition coefficient (Wildman–Crippen LogP) is 2.42. The summed E-state index contributed by atoms with van der Waals surface area (Å²) in [7, 11) is 0. The van der Waals surface area contributed by atoms with Crippen molar-refractivity contribution in [3.8, 4) is 5.75 Å². The first kappa shape index (κ1) is 15.3. The van der Waals surface area contributed by atoms with Gasteiger partial charge in [-0.05, 0) is 32.9 Å². The molecule has 0 atom stereocenters. The van der Waals surface area contributed by atoms with Crippen molar-refractivity contribution < 1.29 is 4.74 Å². The van der Waals surface area contributed by atoms with Crippen LogP contribution in [0.3, 0.4) is 0 Å². The van der Waals surface area contributed by atoms with Crippen LogP contribution in [0.25, 0.3) is 0 Å². The van der Waals surface area contributed by atoms with E-state index in [4.69, 9.17) is 10.5 Å². The predicted molar refractivity (Wildman–Crippen MR) is 80.7 cm³/mol. The molecule has 0 aliphatic rings. The van der Waals surface area contributed by atoms with Crippen molar-refractivity contribution in [2.24, 2.45) is 10.7 Å². The first-order valence-corrected chi connectivity index (χ1v) is 6.91. The van der Waals surface area contributed by atoms with Crippen molar-refractivity contribution in [1.29, 1.82) is 0 Å². The lowest BCUT2D eigenvalue weighted by Crippen LogP contribution is -2.37. The first-order valence-electron chi connectivity index (χ1n) is 6.91. The Hall–Kier alpha value is -1.71. The molecule has 2 N–H and O–H groups in total. The first-order chi connectivity index (χ1) is 9.17. The van der Waals surface area contributed by atoms with E-state index in [1.807, 2.05) is 29.2 Å². The zero-order chi connectivity index (χ0) is 14.1. The normalized spacial score (nSPS) is 11.4. The van der Waals surface area contributed by atoms with E-state index in [0.29, 0.717) is 19.1 Å². The number of ether oxygens (including phenoxy) is 1. The second-order valence-corrected chi connectivity index (χ2v) is 4.43. The molecule has 0 heterocycles. The van der Waals surface area contributed by atoms with Crippen LogP contribution in [0.1, 0.15) is 25.8 Å². The van der Waals surface area contributed by atoms with Gasteiger partial charge in [0.15, 0.2) is 5.96 Å². The fourth-order valence-electron chi connectivity index (χ4n) is 1.73. The third-order valence-corrected chi connectivity index (χ3v) is 2.95. The second-order valence-electron chi connectivity index (χ2n) is 4.43. The summed E-state index contributed by atoms with van der Waals surface area (Å²) >= 11 is 0. The molecule has 0 amide bonds. The number of hydrogen-bond donors (Lipinski definition) is 1. The van der Waals surface area contributed by atoms with Gasteiger partial charge >= 0.3 is 0 Å². The van der Waals surface area contributed by atoms with Crippen molar-refractivity contribution in [1.82, 2.24) is 4.90 Å². The lowest BCUT2D eigenvalue weighted by molar-refractivity contribution is 0.313. The molecular formula is C15H25N3O. The van der Waals surface area contributed by atoms with Crippen molar-refractivity contribution in [3.63, 3.8) is 0 Å². The molecular weight excluding hydrogens is 238 g/mol. The molecule has 0 aliphatic carbocycles. The van der Waals surface area contributed by atoms with Crippen LogP contribution in [0.2, 0.25) is 0 Å². The van der Waals surface area contributed by atoms with Crippen molar-refractivity contribution in [2.75, 3.05) is 26.2 Å². The van der Waals surface area contributed by atoms with Gasteiger partial charge in [-0.1, -0.05) is 17.7 Å². The van der Waals surface area contributed by atoms with Gasteiger partial charge in [0.2, 0.25) is 0 Å². The minimum atomic E-state index is 0.625. The Bertz CT molecular complexity index is 383. The Balaban J connectivity index is 2.24.